The summed E-state index contributed by atoms with van der Waals surface area (Å²) in [7, 11) is -0.535. The van der Waals surface area contributed by atoms with E-state index < -0.39 is 10.0 Å². The first-order chi connectivity index (χ1) is 16.9. The van der Waals surface area contributed by atoms with Gasteiger partial charge in [0.05, 0.1) is 19.1 Å². The van der Waals surface area contributed by atoms with Gasteiger partial charge in [-0.25, -0.2) is 8.42 Å². The lowest BCUT2D eigenvalue weighted by Gasteiger charge is -2.30. The SMILES string of the molecule is COc1cc2c(cc1OC)CN(C(=O)c1cccc(S(=O)(=O)N3CCc4ccccc4C3)c1)CC2. The van der Waals surface area contributed by atoms with Crippen molar-refractivity contribution < 1.29 is 22.7 Å². The molecule has 0 saturated carbocycles. The highest BCUT2D eigenvalue weighted by atomic mass is 32.2. The largest absolute Gasteiger partial charge is 0.493 e. The Kier molecular flexibility index (Phi) is 6.25. The van der Waals surface area contributed by atoms with Crippen LogP contribution in [0.15, 0.2) is 65.6 Å². The van der Waals surface area contributed by atoms with Crippen LogP contribution >= 0.6 is 0 Å². The third-order valence-electron chi connectivity index (χ3n) is 6.82. The molecule has 7 nitrogen and oxygen atoms in total. The molecule has 0 N–H and O–H groups in total. The minimum absolute atomic E-state index is 0.145. The fraction of sp³-hybridized carbons (Fsp3) is 0.296. The number of amides is 1. The van der Waals surface area contributed by atoms with Gasteiger partial charge in [0.1, 0.15) is 0 Å². The van der Waals surface area contributed by atoms with E-state index >= 15 is 0 Å². The number of rotatable bonds is 5. The molecule has 0 saturated heterocycles. The van der Waals surface area contributed by atoms with Crippen molar-refractivity contribution in [2.24, 2.45) is 0 Å². The predicted octanol–water partition coefficient (Wildman–Crippen LogP) is 3.65. The maximum Gasteiger partial charge on any atom is 0.254 e. The van der Waals surface area contributed by atoms with Gasteiger partial charge in [-0.05, 0) is 65.4 Å². The second-order valence-electron chi connectivity index (χ2n) is 8.84. The summed E-state index contributed by atoms with van der Waals surface area (Å²) >= 11 is 0. The number of carbonyl (C=O) groups excluding carboxylic acids is 1. The number of carbonyl (C=O) groups is 1. The molecular formula is C27H28N2O5S. The van der Waals surface area contributed by atoms with Crippen molar-refractivity contribution in [1.29, 1.82) is 0 Å². The highest BCUT2D eigenvalue weighted by molar-refractivity contribution is 7.89. The smallest absolute Gasteiger partial charge is 0.254 e. The van der Waals surface area contributed by atoms with Crippen LogP contribution in [0.5, 0.6) is 11.5 Å². The molecule has 2 aliphatic heterocycles. The van der Waals surface area contributed by atoms with E-state index in [0.717, 1.165) is 16.7 Å². The van der Waals surface area contributed by atoms with E-state index in [0.29, 0.717) is 56.1 Å². The predicted molar refractivity (Wildman–Crippen MR) is 132 cm³/mol. The first kappa shape index (κ1) is 23.4. The maximum absolute atomic E-state index is 13.4. The van der Waals surface area contributed by atoms with Crippen LogP contribution in [0.2, 0.25) is 0 Å². The minimum atomic E-state index is -3.72. The van der Waals surface area contributed by atoms with Crippen LogP contribution in [-0.4, -0.2) is 50.8 Å². The van der Waals surface area contributed by atoms with Gasteiger partial charge in [-0.3, -0.25) is 4.79 Å². The number of nitrogens with zero attached hydrogens (tertiary/aromatic N) is 2. The van der Waals surface area contributed by atoms with Gasteiger partial charge in [-0.2, -0.15) is 4.31 Å². The number of benzene rings is 3. The van der Waals surface area contributed by atoms with Gasteiger partial charge in [-0.1, -0.05) is 30.3 Å². The van der Waals surface area contributed by atoms with Crippen LogP contribution in [0.25, 0.3) is 0 Å². The molecule has 3 aromatic carbocycles. The fourth-order valence-electron chi connectivity index (χ4n) is 4.85. The summed E-state index contributed by atoms with van der Waals surface area (Å²) in [4.78, 5) is 15.3. The van der Waals surface area contributed by atoms with Crippen molar-refractivity contribution in [3.8, 4) is 11.5 Å². The van der Waals surface area contributed by atoms with Crippen molar-refractivity contribution >= 4 is 15.9 Å². The van der Waals surface area contributed by atoms with Crippen LogP contribution in [0.4, 0.5) is 0 Å². The van der Waals surface area contributed by atoms with E-state index in [1.54, 1.807) is 37.3 Å². The van der Waals surface area contributed by atoms with Crippen LogP contribution in [0.3, 0.4) is 0 Å². The zero-order valence-electron chi connectivity index (χ0n) is 19.9. The van der Waals surface area contributed by atoms with Crippen molar-refractivity contribution in [3.05, 3.63) is 88.5 Å². The van der Waals surface area contributed by atoms with Crippen molar-refractivity contribution in [1.82, 2.24) is 9.21 Å². The molecule has 0 aliphatic carbocycles. The van der Waals surface area contributed by atoms with Gasteiger partial charge in [0.25, 0.3) is 5.91 Å². The lowest BCUT2D eigenvalue weighted by molar-refractivity contribution is 0.0734. The third kappa shape index (κ3) is 4.39. The van der Waals surface area contributed by atoms with E-state index in [9.17, 15) is 13.2 Å². The zero-order chi connectivity index (χ0) is 24.6. The Balaban J connectivity index is 1.37. The quantitative estimate of drug-likeness (QED) is 0.544. The second-order valence-corrected chi connectivity index (χ2v) is 10.8. The highest BCUT2D eigenvalue weighted by Crippen LogP contribution is 2.34. The van der Waals surface area contributed by atoms with Crippen molar-refractivity contribution in [2.45, 2.75) is 30.8 Å². The Bertz CT molecular complexity index is 1390. The average molecular weight is 493 g/mol. The van der Waals surface area contributed by atoms with Gasteiger partial charge >= 0.3 is 0 Å². The van der Waals surface area contributed by atoms with Gasteiger partial charge < -0.3 is 14.4 Å². The molecular weight excluding hydrogens is 464 g/mol. The summed E-state index contributed by atoms with van der Waals surface area (Å²) in [6, 6.07) is 18.2. The number of hydrogen-bond acceptors (Lipinski definition) is 5. The number of hydrogen-bond donors (Lipinski definition) is 0. The summed E-state index contributed by atoms with van der Waals surface area (Å²) in [5.41, 5.74) is 4.69. The second kappa shape index (κ2) is 9.36. The molecule has 2 heterocycles. The molecule has 0 unspecified atom stereocenters. The third-order valence-corrected chi connectivity index (χ3v) is 8.66. The summed E-state index contributed by atoms with van der Waals surface area (Å²) in [5, 5.41) is 0. The van der Waals surface area contributed by atoms with Crippen molar-refractivity contribution in [3.63, 3.8) is 0 Å². The number of methoxy groups -OCH3 is 2. The molecule has 1 amide bonds. The lowest BCUT2D eigenvalue weighted by Crippen LogP contribution is -2.37. The number of sulfonamides is 1. The Morgan fingerprint density at radius 3 is 2.20 bits per heavy atom. The van der Waals surface area contributed by atoms with E-state index in [1.165, 1.54) is 15.9 Å². The van der Waals surface area contributed by atoms with Crippen LogP contribution < -0.4 is 9.47 Å². The topological polar surface area (TPSA) is 76.1 Å². The van der Waals surface area contributed by atoms with Crippen LogP contribution in [-0.2, 0) is 36.0 Å². The average Bonchev–Trinajstić information content (AvgIpc) is 2.91. The molecule has 0 fully saturated rings. The highest BCUT2D eigenvalue weighted by Gasteiger charge is 2.30. The molecule has 0 atom stereocenters. The van der Waals surface area contributed by atoms with E-state index in [-0.39, 0.29) is 10.8 Å². The summed E-state index contributed by atoms with van der Waals surface area (Å²) in [5.74, 6) is 1.10. The zero-order valence-corrected chi connectivity index (χ0v) is 20.7. The normalized spacial score (nSPS) is 15.8. The Morgan fingerprint density at radius 2 is 1.46 bits per heavy atom. The van der Waals surface area contributed by atoms with E-state index in [2.05, 4.69) is 0 Å². The van der Waals surface area contributed by atoms with E-state index in [4.69, 9.17) is 9.47 Å². The summed E-state index contributed by atoms with van der Waals surface area (Å²) in [6.45, 7) is 1.73. The molecule has 0 aromatic heterocycles. The molecule has 35 heavy (non-hydrogen) atoms. The molecule has 182 valence electrons. The molecule has 8 heteroatoms. The first-order valence-corrected chi connectivity index (χ1v) is 13.0. The molecule has 2 aliphatic rings. The van der Waals surface area contributed by atoms with E-state index in [1.807, 2.05) is 36.4 Å². The lowest BCUT2D eigenvalue weighted by atomic mass is 9.98. The summed E-state index contributed by atoms with van der Waals surface area (Å²) in [6.07, 6.45) is 1.36. The van der Waals surface area contributed by atoms with Gasteiger partial charge in [0, 0.05) is 31.7 Å². The molecule has 0 bridgehead atoms. The molecule has 5 rings (SSSR count). The van der Waals surface area contributed by atoms with Crippen LogP contribution in [0.1, 0.15) is 32.6 Å². The monoisotopic (exact) mass is 492 g/mol. The number of ether oxygens (including phenoxy) is 2. The molecule has 0 radical (unpaired) electrons. The Hall–Kier alpha value is -3.36. The van der Waals surface area contributed by atoms with Crippen molar-refractivity contribution in [2.75, 3.05) is 27.3 Å². The standard InChI is InChI=1S/C27H28N2O5S/c1-33-25-15-20-10-12-28(17-23(20)16-26(25)34-2)27(30)21-8-5-9-24(14-21)35(31,32)29-13-11-19-6-3-4-7-22(19)18-29/h3-9,14-16H,10-13,17-18H2,1-2H3. The van der Waals surface area contributed by atoms with Gasteiger partial charge in [0.2, 0.25) is 10.0 Å². The molecule has 3 aromatic rings. The fourth-order valence-corrected chi connectivity index (χ4v) is 6.32. The van der Waals surface area contributed by atoms with Crippen LogP contribution in [0, 0.1) is 0 Å². The summed E-state index contributed by atoms with van der Waals surface area (Å²) < 4.78 is 39.1. The maximum atomic E-state index is 13.4. The first-order valence-electron chi connectivity index (χ1n) is 11.6. The Morgan fingerprint density at radius 1 is 0.771 bits per heavy atom. The minimum Gasteiger partial charge on any atom is -0.493 e. The molecule has 0 spiro atoms. The number of fused-ring (bicyclic) bond motifs is 2. The van der Waals surface area contributed by atoms with Gasteiger partial charge in [-0.15, -0.1) is 0 Å². The Labute approximate surface area is 205 Å². The van der Waals surface area contributed by atoms with Gasteiger partial charge in [0.15, 0.2) is 11.5 Å².